The van der Waals surface area contributed by atoms with Crippen LogP contribution in [-0.4, -0.2) is 42.9 Å². The third-order valence-corrected chi connectivity index (χ3v) is 5.72. The molecule has 0 radical (unpaired) electrons. The first-order valence-corrected chi connectivity index (χ1v) is 10.6. The minimum Gasteiger partial charge on any atom is -0.487 e. The third kappa shape index (κ3) is 5.06. The number of Topliss-reactive ketones (excluding diaryl/α,β-unsaturated/α-hetero) is 1. The predicted molar refractivity (Wildman–Crippen MR) is 121 cm³/mol. The lowest BCUT2D eigenvalue weighted by atomic mass is 9.94. The Labute approximate surface area is 195 Å². The van der Waals surface area contributed by atoms with Gasteiger partial charge in [-0.15, -0.1) is 0 Å². The average Bonchev–Trinajstić information content (AvgIpc) is 2.76. The standard InChI is InChI=1S/C23H22Cl2N2O5/c1-4-31-22(29)20-19(12-32-16-8-5-14(6-9-16)13(2)28)27(3)23(30)26-21(20)15-7-10-17(24)18(25)11-15/h5-11,21H,4,12H2,1-3H3,(H,26,30). The molecule has 1 atom stereocenters. The minimum atomic E-state index is -0.800. The zero-order valence-corrected chi connectivity index (χ0v) is 19.3. The smallest absolute Gasteiger partial charge is 0.338 e. The third-order valence-electron chi connectivity index (χ3n) is 4.99. The lowest BCUT2D eigenvalue weighted by Gasteiger charge is -2.34. The molecular formula is C23H22Cl2N2O5. The van der Waals surface area contributed by atoms with Crippen LogP contribution >= 0.6 is 23.2 Å². The highest BCUT2D eigenvalue weighted by Crippen LogP contribution is 2.34. The number of benzene rings is 2. The number of hydrogen-bond acceptors (Lipinski definition) is 5. The van der Waals surface area contributed by atoms with Gasteiger partial charge >= 0.3 is 12.0 Å². The largest absolute Gasteiger partial charge is 0.487 e. The first-order valence-electron chi connectivity index (χ1n) is 9.86. The number of nitrogens with zero attached hydrogens (tertiary/aromatic N) is 1. The molecule has 1 N–H and O–H groups in total. The molecule has 0 fully saturated rings. The van der Waals surface area contributed by atoms with E-state index >= 15 is 0 Å². The molecule has 0 spiro atoms. The predicted octanol–water partition coefficient (Wildman–Crippen LogP) is 4.79. The van der Waals surface area contributed by atoms with Gasteiger partial charge in [0.05, 0.1) is 34.0 Å². The van der Waals surface area contributed by atoms with Crippen LogP contribution in [0.15, 0.2) is 53.7 Å². The van der Waals surface area contributed by atoms with E-state index < -0.39 is 18.0 Å². The zero-order chi connectivity index (χ0) is 23.4. The van der Waals surface area contributed by atoms with Gasteiger partial charge in [-0.2, -0.15) is 0 Å². The van der Waals surface area contributed by atoms with E-state index in [4.69, 9.17) is 32.7 Å². The molecule has 7 nitrogen and oxygen atoms in total. The van der Waals surface area contributed by atoms with E-state index in [2.05, 4.69) is 5.32 Å². The molecule has 2 amide bonds. The number of halogens is 2. The summed E-state index contributed by atoms with van der Waals surface area (Å²) < 4.78 is 11.1. The number of ether oxygens (including phenoxy) is 2. The summed E-state index contributed by atoms with van der Waals surface area (Å²) in [6.07, 6.45) is 0. The topological polar surface area (TPSA) is 84.9 Å². The van der Waals surface area contributed by atoms with Gasteiger partial charge in [0.2, 0.25) is 0 Å². The average molecular weight is 477 g/mol. The van der Waals surface area contributed by atoms with Crippen molar-refractivity contribution in [3.63, 3.8) is 0 Å². The Kier molecular flexibility index (Phi) is 7.43. The maximum atomic E-state index is 12.9. The molecule has 1 aliphatic rings. The molecule has 168 valence electrons. The van der Waals surface area contributed by atoms with Crippen LogP contribution < -0.4 is 10.1 Å². The number of carbonyl (C=O) groups is 3. The van der Waals surface area contributed by atoms with Crippen LogP contribution in [0.1, 0.15) is 35.8 Å². The van der Waals surface area contributed by atoms with Crippen molar-refractivity contribution in [2.24, 2.45) is 0 Å². The van der Waals surface area contributed by atoms with Gasteiger partial charge in [-0.05, 0) is 55.8 Å². The number of rotatable bonds is 7. The fraction of sp³-hybridized carbons (Fsp3) is 0.261. The molecule has 0 aromatic heterocycles. The first-order chi connectivity index (χ1) is 15.2. The van der Waals surface area contributed by atoms with E-state index in [1.807, 2.05) is 0 Å². The van der Waals surface area contributed by atoms with Crippen LogP contribution in [0.3, 0.4) is 0 Å². The maximum Gasteiger partial charge on any atom is 0.338 e. The second-order valence-electron chi connectivity index (χ2n) is 7.07. The minimum absolute atomic E-state index is 0.0583. The molecule has 0 saturated heterocycles. The van der Waals surface area contributed by atoms with Gasteiger partial charge in [-0.1, -0.05) is 29.3 Å². The van der Waals surface area contributed by atoms with E-state index in [1.54, 1.807) is 49.4 Å². The van der Waals surface area contributed by atoms with Crippen molar-refractivity contribution in [2.45, 2.75) is 19.9 Å². The molecule has 0 saturated carbocycles. The number of urea groups is 1. The Morgan fingerprint density at radius 2 is 1.78 bits per heavy atom. The van der Waals surface area contributed by atoms with Crippen LogP contribution in [0.2, 0.25) is 10.0 Å². The summed E-state index contributed by atoms with van der Waals surface area (Å²) in [7, 11) is 1.54. The van der Waals surface area contributed by atoms with E-state index in [1.165, 1.54) is 18.9 Å². The number of hydrogen-bond donors (Lipinski definition) is 1. The van der Waals surface area contributed by atoms with Gasteiger partial charge in [-0.25, -0.2) is 9.59 Å². The molecule has 1 unspecified atom stereocenters. The van der Waals surface area contributed by atoms with Gasteiger partial charge < -0.3 is 14.8 Å². The summed E-state index contributed by atoms with van der Waals surface area (Å²) in [6, 6.07) is 10.3. The van der Waals surface area contributed by atoms with Crippen molar-refractivity contribution in [1.29, 1.82) is 0 Å². The van der Waals surface area contributed by atoms with Crippen LogP contribution in [0.25, 0.3) is 0 Å². The maximum absolute atomic E-state index is 12.9. The second-order valence-corrected chi connectivity index (χ2v) is 7.88. The van der Waals surface area contributed by atoms with E-state index in [0.717, 1.165) is 0 Å². The van der Waals surface area contributed by atoms with Crippen LogP contribution in [0.5, 0.6) is 5.75 Å². The van der Waals surface area contributed by atoms with Crippen LogP contribution in [0, 0.1) is 0 Å². The van der Waals surface area contributed by atoms with Gasteiger partial charge in [0.1, 0.15) is 12.4 Å². The Morgan fingerprint density at radius 1 is 1.09 bits per heavy atom. The van der Waals surface area contributed by atoms with Crippen molar-refractivity contribution in [3.05, 3.63) is 74.9 Å². The molecule has 2 aromatic rings. The molecule has 1 aliphatic heterocycles. The van der Waals surface area contributed by atoms with Crippen molar-refractivity contribution in [2.75, 3.05) is 20.3 Å². The normalized spacial score (nSPS) is 16.0. The monoisotopic (exact) mass is 476 g/mol. The lowest BCUT2D eigenvalue weighted by Crippen LogP contribution is -2.48. The highest BCUT2D eigenvalue weighted by molar-refractivity contribution is 6.42. The Morgan fingerprint density at radius 3 is 2.38 bits per heavy atom. The SMILES string of the molecule is CCOC(=O)C1=C(COc2ccc(C(C)=O)cc2)N(C)C(=O)NC1c1ccc(Cl)c(Cl)c1. The van der Waals surface area contributed by atoms with E-state index in [-0.39, 0.29) is 24.6 Å². The Balaban J connectivity index is 2.00. The van der Waals surface area contributed by atoms with Crippen molar-refractivity contribution in [3.8, 4) is 5.75 Å². The molecule has 2 aromatic carbocycles. The zero-order valence-electron chi connectivity index (χ0n) is 17.8. The van der Waals surface area contributed by atoms with Crippen molar-refractivity contribution >= 4 is 41.0 Å². The number of nitrogens with one attached hydrogen (secondary N) is 1. The highest BCUT2D eigenvalue weighted by Gasteiger charge is 2.37. The quantitative estimate of drug-likeness (QED) is 0.458. The molecule has 3 rings (SSSR count). The number of likely N-dealkylation sites (N-methyl/N-ethyl adjacent to an activating group) is 1. The number of ketones is 1. The van der Waals surface area contributed by atoms with Gasteiger partial charge in [0.25, 0.3) is 0 Å². The first kappa shape index (κ1) is 23.6. The molecule has 9 heteroatoms. The Hall–Kier alpha value is -3.03. The fourth-order valence-electron chi connectivity index (χ4n) is 3.26. The summed E-state index contributed by atoms with van der Waals surface area (Å²) in [5, 5.41) is 3.45. The van der Waals surface area contributed by atoms with Gasteiger partial charge in [-0.3, -0.25) is 9.69 Å². The van der Waals surface area contributed by atoms with Gasteiger partial charge in [0.15, 0.2) is 5.78 Å². The molecule has 32 heavy (non-hydrogen) atoms. The summed E-state index contributed by atoms with van der Waals surface area (Å²) >= 11 is 12.2. The van der Waals surface area contributed by atoms with E-state index in [9.17, 15) is 14.4 Å². The second kappa shape index (κ2) is 10.1. The van der Waals surface area contributed by atoms with Crippen LogP contribution in [-0.2, 0) is 9.53 Å². The van der Waals surface area contributed by atoms with Gasteiger partial charge in [0, 0.05) is 12.6 Å². The van der Waals surface area contributed by atoms with E-state index in [0.29, 0.717) is 32.6 Å². The molecular weight excluding hydrogens is 455 g/mol. The molecule has 0 bridgehead atoms. The summed E-state index contributed by atoms with van der Waals surface area (Å²) in [4.78, 5) is 38.4. The summed E-state index contributed by atoms with van der Waals surface area (Å²) in [6.45, 7) is 3.26. The molecule has 0 aliphatic carbocycles. The number of esters is 1. The lowest BCUT2D eigenvalue weighted by molar-refractivity contribution is -0.139. The summed E-state index contributed by atoms with van der Waals surface area (Å²) in [5.41, 5.74) is 1.71. The number of amides is 2. The summed E-state index contributed by atoms with van der Waals surface area (Å²) in [5.74, 6) is -0.158. The van der Waals surface area contributed by atoms with Crippen molar-refractivity contribution in [1.82, 2.24) is 10.2 Å². The molecule has 1 heterocycles. The number of carbonyl (C=O) groups excluding carboxylic acids is 3. The fourth-order valence-corrected chi connectivity index (χ4v) is 3.57. The highest BCUT2D eigenvalue weighted by atomic mass is 35.5. The van der Waals surface area contributed by atoms with Crippen LogP contribution in [0.4, 0.5) is 4.79 Å². The van der Waals surface area contributed by atoms with Crippen molar-refractivity contribution < 1.29 is 23.9 Å². The Bertz CT molecular complexity index is 1080.